The molecule has 0 bridgehead atoms. The van der Waals surface area contributed by atoms with Crippen molar-refractivity contribution in [1.29, 1.82) is 0 Å². The van der Waals surface area contributed by atoms with E-state index in [0.29, 0.717) is 37.0 Å². The summed E-state index contributed by atoms with van der Waals surface area (Å²) in [5, 5.41) is 10.9. The lowest BCUT2D eigenvalue weighted by Crippen LogP contribution is -2.25. The van der Waals surface area contributed by atoms with Crippen LogP contribution in [-0.4, -0.2) is 35.6 Å². The van der Waals surface area contributed by atoms with Gasteiger partial charge in [0.15, 0.2) is 11.5 Å². The van der Waals surface area contributed by atoms with E-state index < -0.39 is 23.2 Å². The number of rotatable bonds is 12. The Morgan fingerprint density at radius 2 is 1.19 bits per heavy atom. The van der Waals surface area contributed by atoms with Crippen LogP contribution < -0.4 is 0 Å². The third kappa shape index (κ3) is 6.37. The lowest BCUT2D eigenvalue weighted by Gasteiger charge is -2.13. The van der Waals surface area contributed by atoms with Crippen LogP contribution in [0.2, 0.25) is 0 Å². The minimum atomic E-state index is -0.765. The number of nitrogens with zero attached hydrogens (tertiary/aromatic N) is 1. The van der Waals surface area contributed by atoms with Crippen LogP contribution in [0.1, 0.15) is 76.7 Å². The number of hydrogen-bond acceptors (Lipinski definition) is 7. The maximum Gasteiger partial charge on any atom is 0.332 e. The van der Waals surface area contributed by atoms with Gasteiger partial charge in [-0.1, -0.05) is 91.8 Å². The van der Waals surface area contributed by atoms with Crippen LogP contribution in [0.4, 0.5) is 0 Å². The minimum absolute atomic E-state index is 0.0174. The average molecular weight is 638 g/mol. The van der Waals surface area contributed by atoms with Gasteiger partial charge in [-0.2, -0.15) is 0 Å². The molecule has 0 radical (unpaired) electrons. The van der Waals surface area contributed by atoms with Gasteiger partial charge < -0.3 is 9.57 Å². The van der Waals surface area contributed by atoms with Crippen LogP contribution in [0.3, 0.4) is 0 Å². The molecule has 0 aliphatic rings. The predicted octanol–water partition coefficient (Wildman–Crippen LogP) is 9.19. The summed E-state index contributed by atoms with van der Waals surface area (Å²) < 4.78 is 5.87. The van der Waals surface area contributed by atoms with Crippen molar-refractivity contribution in [1.82, 2.24) is 0 Å². The number of hydrogen-bond donors (Lipinski definition) is 0. The molecule has 48 heavy (non-hydrogen) atoms. The molecule has 7 nitrogen and oxygen atoms in total. The van der Waals surface area contributed by atoms with Crippen molar-refractivity contribution >= 4 is 72.1 Å². The van der Waals surface area contributed by atoms with Crippen molar-refractivity contribution < 1.29 is 28.8 Å². The van der Waals surface area contributed by atoms with E-state index in [1.807, 2.05) is 61.5 Å². The Hall–Kier alpha value is -5.53. The fourth-order valence-electron chi connectivity index (χ4n) is 6.19. The summed E-state index contributed by atoms with van der Waals surface area (Å²) in [5.41, 5.74) is 1.43. The summed E-state index contributed by atoms with van der Waals surface area (Å²) in [6.07, 6.45) is 2.01. The van der Waals surface area contributed by atoms with Crippen molar-refractivity contribution in [3.8, 4) is 0 Å². The van der Waals surface area contributed by atoms with Crippen LogP contribution in [0.15, 0.2) is 102 Å². The number of benzene rings is 6. The molecule has 0 aliphatic heterocycles. The summed E-state index contributed by atoms with van der Waals surface area (Å²) >= 11 is 0. The Labute approximate surface area is 278 Å². The van der Waals surface area contributed by atoms with E-state index in [1.54, 1.807) is 36.4 Å². The van der Waals surface area contributed by atoms with Crippen molar-refractivity contribution in [2.45, 2.75) is 46.6 Å². The molecule has 6 aromatic carbocycles. The Bertz CT molecular complexity index is 2280. The zero-order valence-corrected chi connectivity index (χ0v) is 27.2. The maximum absolute atomic E-state index is 14.0. The van der Waals surface area contributed by atoms with E-state index in [9.17, 15) is 19.2 Å². The number of carbonyl (C=O) groups excluding carboxylic acids is 4. The van der Waals surface area contributed by atoms with Crippen LogP contribution in [0.5, 0.6) is 0 Å². The molecular weight excluding hydrogens is 602 g/mol. The first-order valence-electron chi connectivity index (χ1n) is 16.2. The molecule has 0 amide bonds. The molecule has 0 unspecified atom stereocenters. The fourth-order valence-corrected chi connectivity index (χ4v) is 6.19. The highest BCUT2D eigenvalue weighted by molar-refractivity contribution is 6.72. The highest BCUT2D eigenvalue weighted by atomic mass is 16.7. The van der Waals surface area contributed by atoms with E-state index in [2.05, 4.69) is 18.1 Å². The second kappa shape index (κ2) is 14.1. The fraction of sp³-hybridized carbons (Fsp3) is 0.195. The van der Waals surface area contributed by atoms with Gasteiger partial charge in [0.2, 0.25) is 11.6 Å². The summed E-state index contributed by atoms with van der Waals surface area (Å²) in [6.45, 7) is 6.21. The van der Waals surface area contributed by atoms with Crippen LogP contribution in [0.25, 0.3) is 43.1 Å². The van der Waals surface area contributed by atoms with Gasteiger partial charge in [-0.25, -0.2) is 4.79 Å². The molecule has 0 fully saturated rings. The van der Waals surface area contributed by atoms with Gasteiger partial charge in [-0.3, -0.25) is 14.4 Å². The number of oxime groups is 1. The molecule has 0 atom stereocenters. The van der Waals surface area contributed by atoms with E-state index in [-0.39, 0.29) is 16.9 Å². The highest BCUT2D eigenvalue weighted by Gasteiger charge is 2.26. The topological polar surface area (TPSA) is 99.1 Å². The van der Waals surface area contributed by atoms with Crippen molar-refractivity contribution in [3.05, 3.63) is 119 Å². The molecule has 240 valence electrons. The van der Waals surface area contributed by atoms with Gasteiger partial charge in [0, 0.05) is 36.6 Å². The number of ketones is 3. The SMILES string of the molecule is CCCOCc1cc2cc(C(=O)C(=NOC(C)=O)C(=O)c3ccc4c(c3)cc(C(=O)CCC)c3ccccc34)ccc2c2ccccc12. The summed E-state index contributed by atoms with van der Waals surface area (Å²) in [4.78, 5) is 57.8. The normalized spacial score (nSPS) is 11.8. The maximum atomic E-state index is 14.0. The number of fused-ring (bicyclic) bond motifs is 6. The lowest BCUT2D eigenvalue weighted by molar-refractivity contribution is -0.140. The molecule has 0 N–H and O–H groups in total. The van der Waals surface area contributed by atoms with Crippen molar-refractivity contribution in [2.24, 2.45) is 5.16 Å². The zero-order chi connectivity index (χ0) is 33.8. The predicted molar refractivity (Wildman–Crippen MR) is 190 cm³/mol. The Morgan fingerprint density at radius 1 is 0.625 bits per heavy atom. The summed E-state index contributed by atoms with van der Waals surface area (Å²) in [5.74, 6) is -2.13. The van der Waals surface area contributed by atoms with E-state index in [4.69, 9.17) is 9.57 Å². The van der Waals surface area contributed by atoms with Crippen molar-refractivity contribution in [2.75, 3.05) is 6.61 Å². The second-order valence-corrected chi connectivity index (χ2v) is 11.8. The van der Waals surface area contributed by atoms with Crippen LogP contribution >= 0.6 is 0 Å². The van der Waals surface area contributed by atoms with Gasteiger partial charge >= 0.3 is 5.97 Å². The van der Waals surface area contributed by atoms with E-state index in [1.165, 1.54) is 0 Å². The Balaban J connectivity index is 1.43. The highest BCUT2D eigenvalue weighted by Crippen LogP contribution is 2.32. The van der Waals surface area contributed by atoms with Gasteiger partial charge in [-0.05, 0) is 85.8 Å². The van der Waals surface area contributed by atoms with Gasteiger partial charge in [0.1, 0.15) is 0 Å². The standard InChI is InChI=1S/C41H35NO6/c1-4-10-38(44)37-23-29-21-27(16-18-33(29)35-13-8-9-14-36(35)37)41(46)39(42-48-25(3)43)40(45)26-15-17-32-28(20-26)22-30(24-47-19-5-2)31-11-6-7-12-34(31)32/h6-9,11-18,20-23H,4-5,10,19,24H2,1-3H3. The molecule has 7 heteroatoms. The smallest absolute Gasteiger partial charge is 0.332 e. The van der Waals surface area contributed by atoms with Crippen LogP contribution in [0, 0.1) is 0 Å². The monoisotopic (exact) mass is 637 g/mol. The third-order valence-electron chi connectivity index (χ3n) is 8.41. The number of carbonyl (C=O) groups is 4. The first-order chi connectivity index (χ1) is 23.3. The summed E-state index contributed by atoms with van der Waals surface area (Å²) in [6, 6.07) is 29.8. The number of ether oxygens (including phenoxy) is 1. The van der Waals surface area contributed by atoms with E-state index in [0.717, 1.165) is 56.6 Å². The Morgan fingerprint density at radius 3 is 1.77 bits per heavy atom. The molecule has 0 aromatic heterocycles. The molecule has 6 rings (SSSR count). The second-order valence-electron chi connectivity index (χ2n) is 11.8. The first kappa shape index (κ1) is 32.4. The quantitative estimate of drug-likeness (QED) is 0.0252. The molecule has 0 spiro atoms. The van der Waals surface area contributed by atoms with Crippen molar-refractivity contribution in [3.63, 3.8) is 0 Å². The molecule has 0 saturated carbocycles. The molecular formula is C41H35NO6. The number of Topliss-reactive ketones (excluding diaryl/α,β-unsaturated/α-hetero) is 3. The molecule has 0 saturated heterocycles. The van der Waals surface area contributed by atoms with E-state index >= 15 is 0 Å². The summed E-state index contributed by atoms with van der Waals surface area (Å²) in [7, 11) is 0. The lowest BCUT2D eigenvalue weighted by atomic mass is 9.91. The molecule has 0 aliphatic carbocycles. The molecule has 6 aromatic rings. The minimum Gasteiger partial charge on any atom is -0.377 e. The average Bonchev–Trinajstić information content (AvgIpc) is 3.10. The van der Waals surface area contributed by atoms with Gasteiger partial charge in [0.05, 0.1) is 6.61 Å². The largest absolute Gasteiger partial charge is 0.377 e. The van der Waals surface area contributed by atoms with Gasteiger partial charge in [-0.15, -0.1) is 0 Å². The van der Waals surface area contributed by atoms with Crippen LogP contribution in [-0.2, 0) is 21.0 Å². The van der Waals surface area contributed by atoms with Gasteiger partial charge in [0.25, 0.3) is 0 Å². The third-order valence-corrected chi connectivity index (χ3v) is 8.41. The Kier molecular flexibility index (Phi) is 9.50. The zero-order valence-electron chi connectivity index (χ0n) is 27.2. The first-order valence-corrected chi connectivity index (χ1v) is 16.2. The molecule has 0 heterocycles.